The fourth-order valence-electron chi connectivity index (χ4n) is 1.83. The van der Waals surface area contributed by atoms with E-state index in [-0.39, 0.29) is 17.7 Å². The van der Waals surface area contributed by atoms with Gasteiger partial charge >= 0.3 is 0 Å². The lowest BCUT2D eigenvalue weighted by Crippen LogP contribution is -2.20. The van der Waals surface area contributed by atoms with Crippen molar-refractivity contribution in [3.8, 4) is 0 Å². The Balaban J connectivity index is 2.22. The molecule has 1 aromatic rings. The van der Waals surface area contributed by atoms with Gasteiger partial charge in [0.15, 0.2) is 17.5 Å². The van der Waals surface area contributed by atoms with Crippen LogP contribution < -0.4 is 5.32 Å². The highest BCUT2D eigenvalue weighted by atomic mass is 19.2. The molecule has 16 heavy (non-hydrogen) atoms. The monoisotopic (exact) mass is 229 g/mol. The number of benzene rings is 1. The van der Waals surface area contributed by atoms with Crippen LogP contribution in [0.1, 0.15) is 17.9 Å². The third-order valence-electron chi connectivity index (χ3n) is 2.81. The summed E-state index contributed by atoms with van der Waals surface area (Å²) in [7, 11) is 1.50. The highest BCUT2D eigenvalue weighted by Crippen LogP contribution is 2.47. The van der Waals surface area contributed by atoms with Gasteiger partial charge in [0.05, 0.1) is 0 Å². The Morgan fingerprint density at radius 3 is 2.38 bits per heavy atom. The lowest BCUT2D eigenvalue weighted by molar-refractivity contribution is -0.121. The van der Waals surface area contributed by atoms with Crippen molar-refractivity contribution in [3.05, 3.63) is 35.1 Å². The van der Waals surface area contributed by atoms with Gasteiger partial charge in [-0.1, -0.05) is 0 Å². The molecule has 0 radical (unpaired) electrons. The van der Waals surface area contributed by atoms with E-state index < -0.39 is 17.5 Å². The van der Waals surface area contributed by atoms with E-state index in [1.807, 2.05) is 0 Å². The van der Waals surface area contributed by atoms with Gasteiger partial charge in [-0.3, -0.25) is 4.79 Å². The van der Waals surface area contributed by atoms with Gasteiger partial charge in [0, 0.05) is 13.0 Å². The highest BCUT2D eigenvalue weighted by molar-refractivity contribution is 5.82. The molecule has 0 bridgehead atoms. The van der Waals surface area contributed by atoms with Gasteiger partial charge in [0.1, 0.15) is 0 Å². The molecule has 0 heterocycles. The highest BCUT2D eigenvalue weighted by Gasteiger charge is 2.44. The van der Waals surface area contributed by atoms with Crippen molar-refractivity contribution < 1.29 is 18.0 Å². The molecule has 86 valence electrons. The summed E-state index contributed by atoms with van der Waals surface area (Å²) in [6.07, 6.45) is 0.546. The lowest BCUT2D eigenvalue weighted by atomic mass is 10.1. The summed E-state index contributed by atoms with van der Waals surface area (Å²) in [4.78, 5) is 11.2. The number of hydrogen-bond acceptors (Lipinski definition) is 1. The van der Waals surface area contributed by atoms with Crippen LogP contribution in [0, 0.1) is 23.4 Å². The van der Waals surface area contributed by atoms with Crippen molar-refractivity contribution in [2.75, 3.05) is 7.05 Å². The molecular formula is C11H10F3NO. The van der Waals surface area contributed by atoms with Crippen molar-refractivity contribution >= 4 is 5.91 Å². The number of amides is 1. The second-order valence-electron chi connectivity index (χ2n) is 3.86. The summed E-state index contributed by atoms with van der Waals surface area (Å²) < 4.78 is 38.5. The molecule has 1 aliphatic rings. The van der Waals surface area contributed by atoms with Crippen LogP contribution in [0.25, 0.3) is 0 Å². The zero-order chi connectivity index (χ0) is 11.9. The molecule has 1 aliphatic carbocycles. The first-order chi connectivity index (χ1) is 7.54. The Hall–Kier alpha value is -1.52. The average molecular weight is 229 g/mol. The van der Waals surface area contributed by atoms with E-state index in [4.69, 9.17) is 0 Å². The van der Waals surface area contributed by atoms with Gasteiger partial charge in [-0.05, 0) is 30.0 Å². The van der Waals surface area contributed by atoms with E-state index in [9.17, 15) is 18.0 Å². The molecule has 5 heteroatoms. The van der Waals surface area contributed by atoms with E-state index in [1.54, 1.807) is 0 Å². The summed E-state index contributed by atoms with van der Waals surface area (Å²) in [5.41, 5.74) is 0.338. The maximum atomic E-state index is 12.9. The standard InChI is InChI=1S/C11H10F3NO/c1-15-11(16)7-4-6(7)5-2-8(12)10(14)9(13)3-5/h2-3,6-7H,4H2,1H3,(H,15,16)/t6-,7-/m1/s1. The van der Waals surface area contributed by atoms with E-state index in [0.717, 1.165) is 12.1 Å². The van der Waals surface area contributed by atoms with E-state index in [1.165, 1.54) is 7.05 Å². The van der Waals surface area contributed by atoms with Crippen LogP contribution in [0.15, 0.2) is 12.1 Å². The SMILES string of the molecule is CNC(=O)[C@@H]1C[C@@H]1c1cc(F)c(F)c(F)c1. The van der Waals surface area contributed by atoms with Gasteiger partial charge in [-0.15, -0.1) is 0 Å². The van der Waals surface area contributed by atoms with Gasteiger partial charge in [-0.2, -0.15) is 0 Å². The minimum Gasteiger partial charge on any atom is -0.359 e. The normalized spacial score (nSPS) is 23.0. The number of halogens is 3. The Kier molecular flexibility index (Phi) is 2.61. The summed E-state index contributed by atoms with van der Waals surface area (Å²) in [5, 5.41) is 2.47. The molecule has 0 unspecified atom stereocenters. The van der Waals surface area contributed by atoms with Gasteiger partial charge < -0.3 is 5.32 Å². The van der Waals surface area contributed by atoms with Crippen LogP contribution in [0.4, 0.5) is 13.2 Å². The number of hydrogen-bond donors (Lipinski definition) is 1. The number of carbonyl (C=O) groups excluding carboxylic acids is 1. The number of rotatable bonds is 2. The Labute approximate surface area is 90.5 Å². The molecule has 2 nitrogen and oxygen atoms in total. The van der Waals surface area contributed by atoms with Crippen molar-refractivity contribution in [1.29, 1.82) is 0 Å². The predicted octanol–water partition coefficient (Wildman–Crippen LogP) is 1.95. The molecule has 1 amide bonds. The summed E-state index contributed by atoms with van der Waals surface area (Å²) >= 11 is 0. The van der Waals surface area contributed by atoms with Crippen LogP contribution in [0.2, 0.25) is 0 Å². The molecular weight excluding hydrogens is 219 g/mol. The molecule has 0 spiro atoms. The van der Waals surface area contributed by atoms with Gasteiger partial charge in [0.25, 0.3) is 0 Å². The molecule has 1 aromatic carbocycles. The molecule has 2 atom stereocenters. The van der Waals surface area contributed by atoms with E-state index >= 15 is 0 Å². The third kappa shape index (κ3) is 1.77. The van der Waals surface area contributed by atoms with Gasteiger partial charge in [-0.25, -0.2) is 13.2 Å². The largest absolute Gasteiger partial charge is 0.359 e. The first-order valence-electron chi connectivity index (χ1n) is 4.90. The van der Waals surface area contributed by atoms with Crippen LogP contribution in [0.3, 0.4) is 0 Å². The maximum absolute atomic E-state index is 12.9. The Morgan fingerprint density at radius 2 is 1.88 bits per heavy atom. The summed E-state index contributed by atoms with van der Waals surface area (Å²) in [5.74, 6) is -4.51. The van der Waals surface area contributed by atoms with Crippen molar-refractivity contribution in [1.82, 2.24) is 5.32 Å². The fourth-order valence-corrected chi connectivity index (χ4v) is 1.83. The summed E-state index contributed by atoms with van der Waals surface area (Å²) in [6, 6.07) is 1.90. The third-order valence-corrected chi connectivity index (χ3v) is 2.81. The van der Waals surface area contributed by atoms with Crippen LogP contribution in [-0.2, 0) is 4.79 Å². The quantitative estimate of drug-likeness (QED) is 0.771. The molecule has 1 fully saturated rings. The van der Waals surface area contributed by atoms with Gasteiger partial charge in [0.2, 0.25) is 5.91 Å². The first kappa shape index (κ1) is 11.0. The molecule has 0 aromatic heterocycles. The smallest absolute Gasteiger partial charge is 0.223 e. The second-order valence-corrected chi connectivity index (χ2v) is 3.86. The zero-order valence-electron chi connectivity index (χ0n) is 8.56. The van der Waals surface area contributed by atoms with Crippen LogP contribution in [0.5, 0.6) is 0 Å². The second kappa shape index (κ2) is 3.81. The maximum Gasteiger partial charge on any atom is 0.223 e. The predicted molar refractivity (Wildman–Crippen MR) is 51.2 cm³/mol. The van der Waals surface area contributed by atoms with Crippen molar-refractivity contribution in [2.45, 2.75) is 12.3 Å². The zero-order valence-corrected chi connectivity index (χ0v) is 8.56. The lowest BCUT2D eigenvalue weighted by Gasteiger charge is -2.02. The molecule has 0 saturated heterocycles. The van der Waals surface area contributed by atoms with E-state index in [2.05, 4.69) is 5.32 Å². The van der Waals surface area contributed by atoms with Crippen molar-refractivity contribution in [3.63, 3.8) is 0 Å². The molecule has 2 rings (SSSR count). The fraction of sp³-hybridized carbons (Fsp3) is 0.364. The topological polar surface area (TPSA) is 29.1 Å². The molecule has 1 saturated carbocycles. The minimum atomic E-state index is -1.47. The Morgan fingerprint density at radius 1 is 1.31 bits per heavy atom. The number of carbonyl (C=O) groups is 1. The van der Waals surface area contributed by atoms with Crippen molar-refractivity contribution in [2.24, 2.45) is 5.92 Å². The minimum absolute atomic E-state index is 0.157. The van der Waals surface area contributed by atoms with Crippen LogP contribution in [-0.4, -0.2) is 13.0 Å². The average Bonchev–Trinajstić information content (AvgIpc) is 3.04. The molecule has 1 N–H and O–H groups in total. The first-order valence-corrected chi connectivity index (χ1v) is 4.90. The summed E-state index contributed by atoms with van der Waals surface area (Å²) in [6.45, 7) is 0. The Bertz CT molecular complexity index is 424. The van der Waals surface area contributed by atoms with E-state index in [0.29, 0.717) is 12.0 Å². The molecule has 0 aliphatic heterocycles. The number of nitrogens with one attached hydrogen (secondary N) is 1. The van der Waals surface area contributed by atoms with Crippen LogP contribution >= 0.6 is 0 Å².